The average Bonchev–Trinajstić information content (AvgIpc) is 3.47. The summed E-state index contributed by atoms with van der Waals surface area (Å²) in [4.78, 5) is 69.2. The Balaban J connectivity index is 1.56. The van der Waals surface area contributed by atoms with Crippen molar-refractivity contribution in [1.29, 1.82) is 0 Å². The molecule has 0 saturated carbocycles. The van der Waals surface area contributed by atoms with E-state index in [-0.39, 0.29) is 28.3 Å². The minimum absolute atomic E-state index is 0.167. The number of nitro benzene ring substituents is 1. The predicted molar refractivity (Wildman–Crippen MR) is 161 cm³/mol. The highest BCUT2D eigenvalue weighted by atomic mass is 16.6. The summed E-state index contributed by atoms with van der Waals surface area (Å²) in [6.45, 7) is 1.27. The number of nitro groups is 1. The molecule has 1 spiro atoms. The second kappa shape index (κ2) is 9.95. The molecular formula is C35H24N2O7. The molecule has 9 heteroatoms. The number of non-ortho nitro benzene ring substituents is 1. The predicted octanol–water partition coefficient (Wildman–Crippen LogP) is 5.84. The quantitative estimate of drug-likeness (QED) is 0.0716. The minimum Gasteiger partial charge on any atom is -0.424 e. The van der Waals surface area contributed by atoms with Crippen molar-refractivity contribution in [2.24, 2.45) is 5.41 Å². The summed E-state index contributed by atoms with van der Waals surface area (Å²) in [5.74, 6) is -2.67. The Morgan fingerprint density at radius 3 is 2.09 bits per heavy atom. The maximum absolute atomic E-state index is 14.7. The van der Waals surface area contributed by atoms with Gasteiger partial charge in [-0.3, -0.25) is 29.3 Å². The van der Waals surface area contributed by atoms with E-state index in [1.807, 2.05) is 0 Å². The second-order valence-corrected chi connectivity index (χ2v) is 11.1. The molecule has 1 saturated heterocycles. The van der Waals surface area contributed by atoms with Crippen molar-refractivity contribution in [3.05, 3.63) is 141 Å². The van der Waals surface area contributed by atoms with Gasteiger partial charge in [-0.1, -0.05) is 91.0 Å². The van der Waals surface area contributed by atoms with Gasteiger partial charge in [-0.15, -0.1) is 0 Å². The van der Waals surface area contributed by atoms with Crippen LogP contribution in [0, 0.1) is 15.5 Å². The molecule has 44 heavy (non-hydrogen) atoms. The van der Waals surface area contributed by atoms with Crippen molar-refractivity contribution in [1.82, 2.24) is 0 Å². The third-order valence-electron chi connectivity index (χ3n) is 8.83. The topological polar surface area (TPSA) is 124 Å². The van der Waals surface area contributed by atoms with E-state index in [4.69, 9.17) is 4.74 Å². The molecule has 1 unspecified atom stereocenters. The SMILES string of the molecule is CC(=O)Oc1cccc2c1N1C(C=C2)C2(C(=O)c3ccccc3C2=O)[C@@H](c2ccc([N+](=O)[O-])cc2)[C@@H]1C(=O)c1ccccc1. The largest absolute Gasteiger partial charge is 0.424 e. The lowest BCUT2D eigenvalue weighted by molar-refractivity contribution is -0.384. The van der Waals surface area contributed by atoms with Crippen LogP contribution in [-0.2, 0) is 4.79 Å². The fourth-order valence-corrected chi connectivity index (χ4v) is 7.17. The number of Topliss-reactive ketones (excluding diaryl/α,β-unsaturated/α-hetero) is 3. The van der Waals surface area contributed by atoms with E-state index in [1.165, 1.54) is 31.2 Å². The van der Waals surface area contributed by atoms with Crippen LogP contribution in [0.3, 0.4) is 0 Å². The van der Waals surface area contributed by atoms with Crippen LogP contribution in [0.5, 0.6) is 5.75 Å². The van der Waals surface area contributed by atoms with Crippen LogP contribution >= 0.6 is 0 Å². The van der Waals surface area contributed by atoms with Crippen molar-refractivity contribution in [2.45, 2.75) is 24.9 Å². The van der Waals surface area contributed by atoms with Gasteiger partial charge >= 0.3 is 5.97 Å². The Kier molecular flexibility index (Phi) is 6.14. The Morgan fingerprint density at radius 1 is 0.841 bits per heavy atom. The minimum atomic E-state index is -1.80. The number of hydrogen-bond acceptors (Lipinski definition) is 8. The summed E-state index contributed by atoms with van der Waals surface area (Å²) in [7, 11) is 0. The summed E-state index contributed by atoms with van der Waals surface area (Å²) < 4.78 is 5.63. The van der Waals surface area contributed by atoms with Gasteiger partial charge in [-0.25, -0.2) is 0 Å². The lowest BCUT2D eigenvalue weighted by atomic mass is 9.64. The maximum Gasteiger partial charge on any atom is 0.308 e. The molecule has 1 aliphatic carbocycles. The zero-order chi connectivity index (χ0) is 30.7. The van der Waals surface area contributed by atoms with Crippen LogP contribution < -0.4 is 9.64 Å². The molecule has 4 aromatic carbocycles. The molecule has 2 aliphatic heterocycles. The van der Waals surface area contributed by atoms with E-state index in [0.717, 1.165) is 0 Å². The molecule has 9 nitrogen and oxygen atoms in total. The zero-order valence-corrected chi connectivity index (χ0v) is 23.4. The monoisotopic (exact) mass is 584 g/mol. The molecular weight excluding hydrogens is 560 g/mol. The number of para-hydroxylation sites is 1. The number of hydrogen-bond donors (Lipinski definition) is 0. The third-order valence-corrected chi connectivity index (χ3v) is 8.83. The van der Waals surface area contributed by atoms with Gasteiger partial charge in [0.05, 0.1) is 16.7 Å². The number of carbonyl (C=O) groups is 4. The van der Waals surface area contributed by atoms with Crippen molar-refractivity contribution < 1.29 is 28.8 Å². The van der Waals surface area contributed by atoms with Gasteiger partial charge in [0, 0.05) is 47.2 Å². The highest BCUT2D eigenvalue weighted by molar-refractivity contribution is 6.32. The first kappa shape index (κ1) is 27.2. The van der Waals surface area contributed by atoms with E-state index in [0.29, 0.717) is 22.4 Å². The fraction of sp³-hybridized carbons (Fsp3) is 0.143. The third kappa shape index (κ3) is 3.72. The molecule has 0 aromatic heterocycles. The molecule has 3 aliphatic rings. The molecule has 0 radical (unpaired) electrons. The van der Waals surface area contributed by atoms with Gasteiger partial charge in [0.15, 0.2) is 23.1 Å². The van der Waals surface area contributed by atoms with Gasteiger partial charge in [-0.05, 0) is 11.6 Å². The van der Waals surface area contributed by atoms with Crippen molar-refractivity contribution in [3.63, 3.8) is 0 Å². The van der Waals surface area contributed by atoms with Crippen LogP contribution in [0.15, 0.2) is 103 Å². The number of carbonyl (C=O) groups excluding carboxylic acids is 4. The molecule has 216 valence electrons. The summed E-state index contributed by atoms with van der Waals surface area (Å²) >= 11 is 0. The van der Waals surface area contributed by atoms with Gasteiger partial charge in [0.2, 0.25) is 0 Å². The van der Waals surface area contributed by atoms with Crippen LogP contribution in [0.25, 0.3) is 6.08 Å². The molecule has 4 aromatic rings. The van der Waals surface area contributed by atoms with Crippen LogP contribution in [0.2, 0.25) is 0 Å². The van der Waals surface area contributed by atoms with Crippen molar-refractivity contribution in [2.75, 3.05) is 4.90 Å². The standard InChI is InChI=1S/C35H24N2O7/c1-20(38)44-27-13-7-10-22-16-19-28-35(33(40)25-11-5-6-12-26(25)34(35)41)29(21-14-17-24(18-15-21)37(42)43)31(36(28)30(22)27)32(39)23-8-3-2-4-9-23/h2-19,28-29,31H,1H3/t28?,29-,31+/m0/s1. The molecule has 7 rings (SSSR count). The van der Waals surface area contributed by atoms with Crippen molar-refractivity contribution in [3.8, 4) is 5.75 Å². The Hall–Kier alpha value is -5.70. The van der Waals surface area contributed by atoms with E-state index in [9.17, 15) is 29.3 Å². The Bertz CT molecular complexity index is 1900. The smallest absolute Gasteiger partial charge is 0.308 e. The lowest BCUT2D eigenvalue weighted by Crippen LogP contribution is -2.48. The summed E-state index contributed by atoms with van der Waals surface area (Å²) in [5.41, 5.74) is 0.372. The highest BCUT2D eigenvalue weighted by Gasteiger charge is 2.71. The van der Waals surface area contributed by atoms with Crippen LogP contribution in [0.4, 0.5) is 11.4 Å². The fourth-order valence-electron chi connectivity index (χ4n) is 7.17. The number of esters is 1. The van der Waals surface area contributed by atoms with Crippen molar-refractivity contribution >= 4 is 40.8 Å². The number of rotatable bonds is 5. The molecule has 1 fully saturated rings. The van der Waals surface area contributed by atoms with E-state index in [1.54, 1.807) is 89.8 Å². The normalized spacial score (nSPS) is 20.7. The van der Waals surface area contributed by atoms with Gasteiger partial charge in [0.25, 0.3) is 5.69 Å². The van der Waals surface area contributed by atoms with Crippen LogP contribution in [0.1, 0.15) is 55.0 Å². The number of ether oxygens (including phenoxy) is 1. The van der Waals surface area contributed by atoms with E-state index < -0.39 is 45.9 Å². The lowest BCUT2D eigenvalue weighted by Gasteiger charge is -2.37. The summed E-state index contributed by atoms with van der Waals surface area (Å²) in [6.07, 6.45) is 3.54. The number of anilines is 1. The second-order valence-electron chi connectivity index (χ2n) is 11.1. The van der Waals surface area contributed by atoms with E-state index >= 15 is 0 Å². The molecule has 0 N–H and O–H groups in total. The first-order valence-corrected chi connectivity index (χ1v) is 14.1. The first-order valence-electron chi connectivity index (χ1n) is 14.1. The molecule has 0 bridgehead atoms. The van der Waals surface area contributed by atoms with Crippen LogP contribution in [-0.4, -0.2) is 40.3 Å². The molecule has 0 amide bonds. The highest BCUT2D eigenvalue weighted by Crippen LogP contribution is 2.62. The Morgan fingerprint density at radius 2 is 1.48 bits per heavy atom. The Labute approximate surface area is 251 Å². The van der Waals surface area contributed by atoms with Gasteiger partial charge < -0.3 is 9.64 Å². The first-order chi connectivity index (χ1) is 21.2. The summed E-state index contributed by atoms with van der Waals surface area (Å²) in [6, 6.07) is 23.9. The average molecular weight is 585 g/mol. The van der Waals surface area contributed by atoms with Gasteiger partial charge in [0.1, 0.15) is 11.5 Å². The number of benzene rings is 4. The molecule has 2 heterocycles. The maximum atomic E-state index is 14.7. The molecule has 3 atom stereocenters. The number of nitrogens with zero attached hydrogens (tertiary/aromatic N) is 2. The zero-order valence-electron chi connectivity index (χ0n) is 23.4. The number of fused-ring (bicyclic) bond motifs is 5. The summed E-state index contributed by atoms with van der Waals surface area (Å²) in [5, 5.41) is 11.5. The van der Waals surface area contributed by atoms with E-state index in [2.05, 4.69) is 0 Å². The number of ketones is 3. The van der Waals surface area contributed by atoms with Gasteiger partial charge in [-0.2, -0.15) is 0 Å².